The molecule has 0 heterocycles. The minimum absolute atomic E-state index is 0.796. The number of hydrogen-bond acceptors (Lipinski definition) is 5. The summed E-state index contributed by atoms with van der Waals surface area (Å²) >= 11 is 0. The number of esters is 1. The molecule has 0 radical (unpaired) electrons. The van der Waals surface area contributed by atoms with Crippen molar-refractivity contribution >= 4 is 17.5 Å². The fourth-order valence-electron chi connectivity index (χ4n) is 0.664. The van der Waals surface area contributed by atoms with Gasteiger partial charge in [-0.15, -0.1) is 0 Å². The first kappa shape index (κ1) is 14.5. The summed E-state index contributed by atoms with van der Waals surface area (Å²) in [5, 5.41) is 2.75. The molecule has 0 aliphatic heterocycles. The fourth-order valence-corrected chi connectivity index (χ4v) is 0.664. The van der Waals surface area contributed by atoms with Crippen LogP contribution >= 0.6 is 0 Å². The third kappa shape index (κ3) is 6.05. The topological polar surface area (TPSA) is 65.0 Å². The summed E-state index contributed by atoms with van der Waals surface area (Å²) in [4.78, 5) is 25.8. The van der Waals surface area contributed by atoms with Crippen LogP contribution in [-0.2, 0) is 19.2 Å². The van der Waals surface area contributed by atoms with Gasteiger partial charge in [0.1, 0.15) is 5.60 Å². The Balaban J connectivity index is 4.74. The Hall–Kier alpha value is -1.53. The second-order valence-corrected chi connectivity index (χ2v) is 3.86. The zero-order chi connectivity index (χ0) is 12.9. The number of ether oxygens (including phenoxy) is 1. The van der Waals surface area contributed by atoms with Crippen LogP contribution in [0.3, 0.4) is 0 Å². The molecule has 0 unspecified atom stereocenters. The van der Waals surface area contributed by atoms with E-state index in [-0.39, 0.29) is 0 Å². The van der Waals surface area contributed by atoms with E-state index in [0.717, 1.165) is 6.92 Å². The standard InChI is InChI=1S/C9H13F2NO4/c1-5(13)6(12-16-8(10)11)7(14)15-9(2,3)4/h8H,1-4H3/b12-6+. The van der Waals surface area contributed by atoms with Crippen molar-refractivity contribution in [2.45, 2.75) is 39.9 Å². The molecule has 5 nitrogen and oxygen atoms in total. The van der Waals surface area contributed by atoms with Gasteiger partial charge in [-0.1, -0.05) is 5.16 Å². The lowest BCUT2D eigenvalue weighted by Gasteiger charge is -2.19. The number of carbonyl (C=O) groups is 2. The highest BCUT2D eigenvalue weighted by Crippen LogP contribution is 2.08. The summed E-state index contributed by atoms with van der Waals surface area (Å²) in [6.07, 6.45) is 0. The minimum Gasteiger partial charge on any atom is -0.455 e. The first-order valence-electron chi connectivity index (χ1n) is 4.39. The lowest BCUT2D eigenvalue weighted by Crippen LogP contribution is -2.32. The number of halogens is 2. The van der Waals surface area contributed by atoms with Gasteiger partial charge in [0.05, 0.1) is 0 Å². The van der Waals surface area contributed by atoms with E-state index in [4.69, 9.17) is 4.74 Å². The van der Waals surface area contributed by atoms with Crippen LogP contribution in [-0.4, -0.2) is 29.7 Å². The molecule has 0 bridgehead atoms. The van der Waals surface area contributed by atoms with E-state index in [1.54, 1.807) is 20.8 Å². The van der Waals surface area contributed by atoms with Gasteiger partial charge in [0.25, 0.3) is 0 Å². The molecule has 0 aromatic rings. The Morgan fingerprint density at radius 2 is 1.75 bits per heavy atom. The summed E-state index contributed by atoms with van der Waals surface area (Å²) in [5.74, 6) is -1.91. The van der Waals surface area contributed by atoms with Crippen LogP contribution in [0.1, 0.15) is 27.7 Å². The van der Waals surface area contributed by atoms with Crippen LogP contribution in [0.4, 0.5) is 8.78 Å². The number of nitrogens with zero attached hydrogens (tertiary/aromatic N) is 1. The Morgan fingerprint density at radius 1 is 1.25 bits per heavy atom. The molecule has 0 saturated heterocycles. The third-order valence-corrected chi connectivity index (χ3v) is 1.15. The number of oxime groups is 1. The van der Waals surface area contributed by atoms with Gasteiger partial charge < -0.3 is 9.57 Å². The molecule has 16 heavy (non-hydrogen) atoms. The molecular formula is C9H13F2NO4. The predicted molar refractivity (Wildman–Crippen MR) is 51.1 cm³/mol. The molecule has 0 spiro atoms. The van der Waals surface area contributed by atoms with E-state index >= 15 is 0 Å². The monoisotopic (exact) mass is 237 g/mol. The van der Waals surface area contributed by atoms with Gasteiger partial charge in [0.15, 0.2) is 5.78 Å². The van der Waals surface area contributed by atoms with Crippen molar-refractivity contribution in [3.63, 3.8) is 0 Å². The predicted octanol–water partition coefficient (Wildman–Crippen LogP) is 1.51. The van der Waals surface area contributed by atoms with Gasteiger partial charge in [-0.05, 0) is 20.8 Å². The number of alkyl halides is 2. The number of ketones is 1. The molecule has 0 aliphatic rings. The second kappa shape index (κ2) is 5.53. The number of Topliss-reactive ketones (excluding diaryl/α,β-unsaturated/α-hetero) is 1. The lowest BCUT2D eigenvalue weighted by atomic mass is 10.2. The third-order valence-electron chi connectivity index (χ3n) is 1.15. The molecule has 0 amide bonds. The minimum atomic E-state index is -3.20. The average Bonchev–Trinajstić information content (AvgIpc) is 1.98. The van der Waals surface area contributed by atoms with E-state index < -0.39 is 29.7 Å². The molecule has 0 N–H and O–H groups in total. The van der Waals surface area contributed by atoms with Crippen molar-refractivity contribution in [2.24, 2.45) is 5.16 Å². The first-order valence-corrected chi connectivity index (χ1v) is 4.39. The van der Waals surface area contributed by atoms with Gasteiger partial charge in [-0.2, -0.15) is 8.78 Å². The summed E-state index contributed by atoms with van der Waals surface area (Å²) in [7, 11) is 0. The molecule has 0 fully saturated rings. The van der Waals surface area contributed by atoms with E-state index in [2.05, 4.69) is 9.99 Å². The lowest BCUT2D eigenvalue weighted by molar-refractivity contribution is -0.148. The van der Waals surface area contributed by atoms with Crippen LogP contribution < -0.4 is 0 Å². The van der Waals surface area contributed by atoms with Gasteiger partial charge in [-0.25, -0.2) is 4.79 Å². The Bertz CT molecular complexity index is 307. The van der Waals surface area contributed by atoms with Gasteiger partial charge in [0, 0.05) is 6.92 Å². The van der Waals surface area contributed by atoms with Crippen molar-refractivity contribution in [3.05, 3.63) is 0 Å². The zero-order valence-electron chi connectivity index (χ0n) is 9.41. The molecule has 0 aliphatic carbocycles. The molecule has 0 atom stereocenters. The van der Waals surface area contributed by atoms with Crippen molar-refractivity contribution in [1.29, 1.82) is 0 Å². The smallest absolute Gasteiger partial charge is 0.407 e. The van der Waals surface area contributed by atoms with Gasteiger partial charge in [0.2, 0.25) is 5.71 Å². The highest BCUT2D eigenvalue weighted by atomic mass is 19.3. The van der Waals surface area contributed by atoms with E-state index in [1.807, 2.05) is 0 Å². The van der Waals surface area contributed by atoms with Crippen LogP contribution in [0.25, 0.3) is 0 Å². The Morgan fingerprint density at radius 3 is 2.06 bits per heavy atom. The molecule has 0 aromatic carbocycles. The molecule has 0 rings (SSSR count). The van der Waals surface area contributed by atoms with Crippen molar-refractivity contribution in [2.75, 3.05) is 0 Å². The maximum Gasteiger partial charge on any atom is 0.407 e. The molecule has 0 aromatic heterocycles. The highest BCUT2D eigenvalue weighted by Gasteiger charge is 2.25. The molecule has 0 saturated carbocycles. The summed E-state index contributed by atoms with van der Waals surface area (Å²) < 4.78 is 28.1. The molecule has 7 heteroatoms. The fraction of sp³-hybridized carbons (Fsp3) is 0.667. The second-order valence-electron chi connectivity index (χ2n) is 3.86. The van der Waals surface area contributed by atoms with Crippen molar-refractivity contribution < 1.29 is 27.9 Å². The first-order chi connectivity index (χ1) is 7.13. The number of hydrogen-bond donors (Lipinski definition) is 0. The zero-order valence-corrected chi connectivity index (χ0v) is 9.41. The maximum absolute atomic E-state index is 11.7. The van der Waals surface area contributed by atoms with E-state index in [1.165, 1.54) is 0 Å². The highest BCUT2D eigenvalue weighted by molar-refractivity contribution is 6.63. The normalized spacial score (nSPS) is 12.6. The average molecular weight is 237 g/mol. The van der Waals surface area contributed by atoms with Crippen LogP contribution in [0.2, 0.25) is 0 Å². The maximum atomic E-state index is 11.7. The summed E-state index contributed by atoms with van der Waals surface area (Å²) in [6, 6.07) is 0. The largest absolute Gasteiger partial charge is 0.455 e. The SMILES string of the molecule is CC(=O)/C(=N\OC(F)F)C(=O)OC(C)(C)C. The Labute approximate surface area is 91.4 Å². The summed E-state index contributed by atoms with van der Waals surface area (Å²) in [5.41, 5.74) is -1.65. The van der Waals surface area contributed by atoms with E-state index in [9.17, 15) is 18.4 Å². The Kier molecular flexibility index (Phi) is 5.00. The van der Waals surface area contributed by atoms with Crippen molar-refractivity contribution in [1.82, 2.24) is 0 Å². The van der Waals surface area contributed by atoms with Gasteiger partial charge in [-0.3, -0.25) is 4.79 Å². The number of rotatable bonds is 4. The quantitative estimate of drug-likeness (QED) is 0.322. The number of carbonyl (C=O) groups excluding carboxylic acids is 2. The van der Waals surface area contributed by atoms with Crippen LogP contribution in [0.15, 0.2) is 5.16 Å². The summed E-state index contributed by atoms with van der Waals surface area (Å²) in [6.45, 7) is 2.50. The van der Waals surface area contributed by atoms with Crippen molar-refractivity contribution in [3.8, 4) is 0 Å². The molecular weight excluding hydrogens is 224 g/mol. The van der Waals surface area contributed by atoms with Crippen LogP contribution in [0.5, 0.6) is 0 Å². The molecule has 92 valence electrons. The van der Waals surface area contributed by atoms with Crippen LogP contribution in [0, 0.1) is 0 Å². The van der Waals surface area contributed by atoms with Gasteiger partial charge >= 0.3 is 12.6 Å². The van der Waals surface area contributed by atoms with E-state index in [0.29, 0.717) is 0 Å².